The first-order chi connectivity index (χ1) is 13.6. The quantitative estimate of drug-likeness (QED) is 0.595. The van der Waals surface area contributed by atoms with Crippen molar-refractivity contribution in [3.05, 3.63) is 48.1 Å². The van der Waals surface area contributed by atoms with E-state index in [-0.39, 0.29) is 29.5 Å². The number of carboxylic acids is 1. The molecule has 0 bridgehead atoms. The number of aromatic carboxylic acids is 1. The number of nitrogens with zero attached hydrogens (tertiary/aromatic N) is 2. The minimum atomic E-state index is -1.02. The normalized spacial score (nSPS) is 30.0. The van der Waals surface area contributed by atoms with Gasteiger partial charge in [0, 0.05) is 18.7 Å². The molecule has 0 saturated carbocycles. The fourth-order valence-corrected chi connectivity index (χ4v) is 4.31. The van der Waals surface area contributed by atoms with Gasteiger partial charge in [0.2, 0.25) is 0 Å². The van der Waals surface area contributed by atoms with Crippen LogP contribution in [0.4, 0.5) is 10.1 Å². The molecule has 150 valence electrons. The molecule has 4 N–H and O–H groups in total. The molecule has 7 nitrogen and oxygen atoms in total. The van der Waals surface area contributed by atoms with E-state index in [9.17, 15) is 14.3 Å². The molecule has 4 rings (SSSR count). The molecular formula is C20H26FN5O2. The number of nitrogens with one attached hydrogen (secondary N) is 3. The third-order valence-electron chi connectivity index (χ3n) is 5.79. The first-order valence-electron chi connectivity index (χ1n) is 9.85. The lowest BCUT2D eigenvalue weighted by Gasteiger charge is -2.28. The van der Waals surface area contributed by atoms with Crippen molar-refractivity contribution in [1.29, 1.82) is 0 Å². The zero-order valence-corrected chi connectivity index (χ0v) is 15.6. The van der Waals surface area contributed by atoms with Crippen LogP contribution in [0.25, 0.3) is 0 Å². The molecule has 0 amide bonds. The third-order valence-corrected chi connectivity index (χ3v) is 5.79. The maximum absolute atomic E-state index is 13.9. The first kappa shape index (κ1) is 19.0. The molecule has 3 aliphatic rings. The molecule has 1 aromatic heterocycles. The van der Waals surface area contributed by atoms with E-state index in [0.29, 0.717) is 11.6 Å². The summed E-state index contributed by atoms with van der Waals surface area (Å²) >= 11 is 0. The van der Waals surface area contributed by atoms with E-state index in [1.54, 1.807) is 6.08 Å². The predicted molar refractivity (Wildman–Crippen MR) is 104 cm³/mol. The molecule has 2 fully saturated rings. The molecular weight excluding hydrogens is 361 g/mol. The molecule has 1 aliphatic carbocycles. The van der Waals surface area contributed by atoms with Gasteiger partial charge in [-0.1, -0.05) is 6.08 Å². The SMILES string of the molecule is O=C(O)c1ccncc1NC1NN(CCC2CCCNC2)C2C=CC(F)=CC12. The van der Waals surface area contributed by atoms with Gasteiger partial charge in [0.15, 0.2) is 0 Å². The molecule has 0 aromatic carbocycles. The van der Waals surface area contributed by atoms with E-state index >= 15 is 0 Å². The number of allylic oxidation sites excluding steroid dienone is 2. The summed E-state index contributed by atoms with van der Waals surface area (Å²) in [6.45, 7) is 2.99. The van der Waals surface area contributed by atoms with Gasteiger partial charge in [0.05, 0.1) is 29.7 Å². The summed E-state index contributed by atoms with van der Waals surface area (Å²) in [7, 11) is 0. The number of fused-ring (bicyclic) bond motifs is 1. The largest absolute Gasteiger partial charge is 0.478 e. The Kier molecular flexibility index (Phi) is 5.70. The number of hydrogen-bond donors (Lipinski definition) is 4. The van der Waals surface area contributed by atoms with Crippen molar-refractivity contribution in [1.82, 2.24) is 20.7 Å². The summed E-state index contributed by atoms with van der Waals surface area (Å²) in [5.74, 6) is -0.779. The number of aromatic nitrogens is 1. The van der Waals surface area contributed by atoms with E-state index in [1.807, 2.05) is 6.08 Å². The number of pyridine rings is 1. The van der Waals surface area contributed by atoms with Gasteiger partial charge in [-0.2, -0.15) is 0 Å². The van der Waals surface area contributed by atoms with Crippen LogP contribution in [-0.2, 0) is 0 Å². The van der Waals surface area contributed by atoms with Crippen LogP contribution in [0.5, 0.6) is 0 Å². The fraction of sp³-hybridized carbons (Fsp3) is 0.500. The molecule has 0 spiro atoms. The molecule has 2 aliphatic heterocycles. The Labute approximate surface area is 163 Å². The summed E-state index contributed by atoms with van der Waals surface area (Å²) in [5, 5.41) is 18.2. The van der Waals surface area contributed by atoms with Crippen molar-refractivity contribution in [2.24, 2.45) is 11.8 Å². The molecule has 3 heterocycles. The average Bonchev–Trinajstić information content (AvgIpc) is 3.04. The smallest absolute Gasteiger partial charge is 0.337 e. The van der Waals surface area contributed by atoms with Crippen LogP contribution >= 0.6 is 0 Å². The lowest BCUT2D eigenvalue weighted by Crippen LogP contribution is -2.43. The van der Waals surface area contributed by atoms with Gasteiger partial charge in [-0.05, 0) is 56.5 Å². The highest BCUT2D eigenvalue weighted by atomic mass is 19.1. The van der Waals surface area contributed by atoms with Crippen molar-refractivity contribution in [3.8, 4) is 0 Å². The van der Waals surface area contributed by atoms with Crippen LogP contribution in [0.3, 0.4) is 0 Å². The summed E-state index contributed by atoms with van der Waals surface area (Å²) in [6, 6.07) is 1.49. The number of halogens is 1. The Balaban J connectivity index is 1.48. The van der Waals surface area contributed by atoms with Crippen LogP contribution in [-0.4, -0.2) is 52.9 Å². The topological polar surface area (TPSA) is 89.5 Å². The highest BCUT2D eigenvalue weighted by Crippen LogP contribution is 2.32. The number of anilines is 1. The van der Waals surface area contributed by atoms with Crippen molar-refractivity contribution in [2.45, 2.75) is 31.5 Å². The van der Waals surface area contributed by atoms with E-state index in [1.165, 1.54) is 37.4 Å². The Bertz CT molecular complexity index is 778. The van der Waals surface area contributed by atoms with Crippen molar-refractivity contribution < 1.29 is 14.3 Å². The van der Waals surface area contributed by atoms with Crippen molar-refractivity contribution in [2.75, 3.05) is 25.0 Å². The minimum Gasteiger partial charge on any atom is -0.478 e. The maximum atomic E-state index is 13.9. The summed E-state index contributed by atoms with van der Waals surface area (Å²) in [6.07, 6.45) is 11.1. The minimum absolute atomic E-state index is 0.0264. The molecule has 1 aromatic rings. The standard InChI is InChI=1S/C20H26FN5O2/c21-14-3-4-18-16(10-14)19(24-17-12-23-8-5-15(17)20(27)28)25-26(18)9-6-13-2-1-7-22-11-13/h3-5,8,10,12-13,16,18-19,22,24-25H,1-2,6-7,9,11H2,(H,27,28). The summed E-state index contributed by atoms with van der Waals surface area (Å²) in [5.41, 5.74) is 4.00. The Morgan fingerprint density at radius 2 is 2.36 bits per heavy atom. The van der Waals surface area contributed by atoms with Gasteiger partial charge in [-0.3, -0.25) is 4.98 Å². The number of hydrazine groups is 1. The monoisotopic (exact) mass is 387 g/mol. The third kappa shape index (κ3) is 4.09. The second kappa shape index (κ2) is 8.38. The lowest BCUT2D eigenvalue weighted by atomic mass is 9.92. The van der Waals surface area contributed by atoms with Gasteiger partial charge >= 0.3 is 5.97 Å². The molecule has 4 unspecified atom stereocenters. The molecule has 28 heavy (non-hydrogen) atoms. The van der Waals surface area contributed by atoms with Crippen LogP contribution in [0, 0.1) is 11.8 Å². The summed E-state index contributed by atoms with van der Waals surface area (Å²) < 4.78 is 13.9. The van der Waals surface area contributed by atoms with Crippen LogP contribution < -0.4 is 16.1 Å². The van der Waals surface area contributed by atoms with Gasteiger partial charge in [0.25, 0.3) is 0 Å². The molecule has 2 saturated heterocycles. The van der Waals surface area contributed by atoms with Gasteiger partial charge in [0.1, 0.15) is 5.83 Å². The van der Waals surface area contributed by atoms with Crippen LogP contribution in [0.15, 0.2) is 42.5 Å². The highest BCUT2D eigenvalue weighted by Gasteiger charge is 2.41. The van der Waals surface area contributed by atoms with E-state index in [2.05, 4.69) is 26.1 Å². The van der Waals surface area contributed by atoms with Gasteiger partial charge in [-0.15, -0.1) is 0 Å². The predicted octanol–water partition coefficient (Wildman–Crippen LogP) is 2.14. The Hall–Kier alpha value is -2.29. The number of piperidine rings is 1. The van der Waals surface area contributed by atoms with Crippen molar-refractivity contribution in [3.63, 3.8) is 0 Å². The highest BCUT2D eigenvalue weighted by molar-refractivity contribution is 5.93. The Morgan fingerprint density at radius 1 is 1.46 bits per heavy atom. The average molecular weight is 387 g/mol. The van der Waals surface area contributed by atoms with Gasteiger partial charge < -0.3 is 15.7 Å². The zero-order valence-electron chi connectivity index (χ0n) is 15.6. The Morgan fingerprint density at radius 3 is 3.14 bits per heavy atom. The van der Waals surface area contributed by atoms with Gasteiger partial charge in [-0.25, -0.2) is 19.6 Å². The second-order valence-electron chi connectivity index (χ2n) is 7.65. The van der Waals surface area contributed by atoms with Crippen molar-refractivity contribution >= 4 is 11.7 Å². The number of carboxylic acid groups (broad SMARTS) is 1. The maximum Gasteiger partial charge on any atom is 0.337 e. The number of carbonyl (C=O) groups is 1. The lowest BCUT2D eigenvalue weighted by molar-refractivity contribution is 0.0697. The first-order valence-corrected chi connectivity index (χ1v) is 9.85. The number of rotatable bonds is 6. The second-order valence-corrected chi connectivity index (χ2v) is 7.65. The van der Waals surface area contributed by atoms with Crippen LogP contribution in [0.2, 0.25) is 0 Å². The van der Waals surface area contributed by atoms with E-state index in [4.69, 9.17) is 0 Å². The fourth-order valence-electron chi connectivity index (χ4n) is 4.31. The number of hydrogen-bond acceptors (Lipinski definition) is 6. The summed E-state index contributed by atoms with van der Waals surface area (Å²) in [4.78, 5) is 15.5. The molecule has 0 radical (unpaired) electrons. The van der Waals surface area contributed by atoms with E-state index < -0.39 is 5.97 Å². The molecule has 4 atom stereocenters. The van der Waals surface area contributed by atoms with E-state index in [0.717, 1.165) is 26.1 Å². The zero-order chi connectivity index (χ0) is 19.5. The van der Waals surface area contributed by atoms with Crippen LogP contribution in [0.1, 0.15) is 29.6 Å². The molecule has 8 heteroatoms.